The number of carbonyl (C=O) groups is 1. The van der Waals surface area contributed by atoms with Crippen molar-refractivity contribution < 1.29 is 9.90 Å². The van der Waals surface area contributed by atoms with Crippen LogP contribution in [0, 0.1) is 5.41 Å². The largest absolute Gasteiger partial charge is 0.392 e. The zero-order valence-electron chi connectivity index (χ0n) is 14.6. The van der Waals surface area contributed by atoms with Gasteiger partial charge in [0.25, 0.3) is 0 Å². The van der Waals surface area contributed by atoms with Crippen LogP contribution in [0.15, 0.2) is 42.7 Å². The van der Waals surface area contributed by atoms with E-state index in [2.05, 4.69) is 15.7 Å². The molecular weight excluding hydrogens is 316 g/mol. The van der Waals surface area contributed by atoms with Crippen LogP contribution in [0.4, 0.5) is 4.79 Å². The third kappa shape index (κ3) is 4.39. The first kappa shape index (κ1) is 17.5. The van der Waals surface area contributed by atoms with Gasteiger partial charge in [-0.2, -0.15) is 5.10 Å². The molecule has 2 atom stereocenters. The lowest BCUT2D eigenvalue weighted by Gasteiger charge is -2.38. The smallest absolute Gasteiger partial charge is 0.315 e. The maximum atomic E-state index is 12.0. The van der Waals surface area contributed by atoms with Crippen LogP contribution in [0.2, 0.25) is 0 Å². The van der Waals surface area contributed by atoms with Gasteiger partial charge in [-0.3, -0.25) is 0 Å². The van der Waals surface area contributed by atoms with E-state index in [1.165, 1.54) is 0 Å². The molecule has 1 heterocycles. The van der Waals surface area contributed by atoms with E-state index in [0.717, 1.165) is 36.9 Å². The summed E-state index contributed by atoms with van der Waals surface area (Å²) in [7, 11) is 0. The topological polar surface area (TPSA) is 79.2 Å². The number of hydrogen-bond donors (Lipinski definition) is 3. The van der Waals surface area contributed by atoms with E-state index in [9.17, 15) is 9.90 Å². The number of aromatic nitrogens is 2. The Hall–Kier alpha value is -2.34. The van der Waals surface area contributed by atoms with Gasteiger partial charge in [-0.25, -0.2) is 9.48 Å². The molecular formula is C19H26N4O2. The molecule has 1 aliphatic carbocycles. The molecule has 0 radical (unpaired) electrons. The third-order valence-electron chi connectivity index (χ3n) is 5.09. The van der Waals surface area contributed by atoms with Crippen LogP contribution in [0.5, 0.6) is 0 Å². The lowest BCUT2D eigenvalue weighted by atomic mass is 9.73. The number of carbonyl (C=O) groups excluding carboxylic acids is 1. The van der Waals surface area contributed by atoms with E-state index < -0.39 is 0 Å². The summed E-state index contributed by atoms with van der Waals surface area (Å²) in [5.74, 6) is 0. The average Bonchev–Trinajstić information content (AvgIpc) is 3.16. The van der Waals surface area contributed by atoms with Gasteiger partial charge in [-0.1, -0.05) is 31.9 Å². The Labute approximate surface area is 148 Å². The Morgan fingerprint density at radius 2 is 2.12 bits per heavy atom. The summed E-state index contributed by atoms with van der Waals surface area (Å²) in [5.41, 5.74) is 1.79. The summed E-state index contributed by atoms with van der Waals surface area (Å²) < 4.78 is 1.79. The Kier molecular flexibility index (Phi) is 5.38. The van der Waals surface area contributed by atoms with Gasteiger partial charge in [0.1, 0.15) is 0 Å². The molecule has 1 saturated carbocycles. The van der Waals surface area contributed by atoms with E-state index in [0.29, 0.717) is 13.1 Å². The normalized spacial score (nSPS) is 23.2. The number of nitrogens with zero attached hydrogens (tertiary/aromatic N) is 2. The molecule has 1 fully saturated rings. The summed E-state index contributed by atoms with van der Waals surface area (Å²) in [6.45, 7) is 3.01. The Bertz CT molecular complexity index is 684. The van der Waals surface area contributed by atoms with Gasteiger partial charge in [-0.15, -0.1) is 0 Å². The minimum atomic E-state index is -0.337. The number of aliphatic hydroxyl groups is 1. The maximum absolute atomic E-state index is 12.0. The van der Waals surface area contributed by atoms with E-state index >= 15 is 0 Å². The first-order valence-electron chi connectivity index (χ1n) is 8.86. The highest BCUT2D eigenvalue weighted by Crippen LogP contribution is 2.35. The van der Waals surface area contributed by atoms with Crippen LogP contribution < -0.4 is 10.6 Å². The van der Waals surface area contributed by atoms with Crippen molar-refractivity contribution in [3.05, 3.63) is 48.3 Å². The maximum Gasteiger partial charge on any atom is 0.315 e. The van der Waals surface area contributed by atoms with E-state index in [1.807, 2.05) is 43.5 Å². The third-order valence-corrected chi connectivity index (χ3v) is 5.09. The first-order chi connectivity index (χ1) is 12.1. The fraction of sp³-hybridized carbons (Fsp3) is 0.474. The molecule has 6 heteroatoms. The number of benzene rings is 1. The molecule has 0 saturated heterocycles. The molecule has 3 rings (SSSR count). The standard InChI is InChI=1S/C19H26N4O2/c1-19(10-3-2-5-17(19)24)14-21-18(25)20-13-15-6-8-16(9-7-15)23-12-4-11-22-23/h4,6-9,11-12,17,24H,2-3,5,10,13-14H2,1H3,(H2,20,21,25). The molecule has 0 aliphatic heterocycles. The molecule has 6 nitrogen and oxygen atoms in total. The number of amides is 2. The van der Waals surface area contributed by atoms with Gasteiger partial charge in [0.15, 0.2) is 0 Å². The highest BCUT2D eigenvalue weighted by molar-refractivity contribution is 5.73. The number of nitrogens with one attached hydrogen (secondary N) is 2. The summed E-state index contributed by atoms with van der Waals surface area (Å²) >= 11 is 0. The average molecular weight is 342 g/mol. The van der Waals surface area contributed by atoms with Crippen LogP contribution in [-0.4, -0.2) is 33.6 Å². The van der Waals surface area contributed by atoms with Crippen LogP contribution >= 0.6 is 0 Å². The van der Waals surface area contributed by atoms with Gasteiger partial charge >= 0.3 is 6.03 Å². The van der Waals surface area contributed by atoms with Gasteiger partial charge < -0.3 is 15.7 Å². The van der Waals surface area contributed by atoms with Crippen molar-refractivity contribution >= 4 is 6.03 Å². The van der Waals surface area contributed by atoms with Crippen LogP contribution in [0.1, 0.15) is 38.2 Å². The fourth-order valence-corrected chi connectivity index (χ4v) is 3.30. The number of rotatable bonds is 5. The van der Waals surface area contributed by atoms with Crippen LogP contribution in [-0.2, 0) is 6.54 Å². The summed E-state index contributed by atoms with van der Waals surface area (Å²) in [6.07, 6.45) is 7.24. The molecule has 3 N–H and O–H groups in total. The Balaban J connectivity index is 1.46. The van der Waals surface area contributed by atoms with E-state index in [4.69, 9.17) is 0 Å². The molecule has 134 valence electrons. The van der Waals surface area contributed by atoms with Crippen molar-refractivity contribution in [2.45, 2.75) is 45.3 Å². The second kappa shape index (κ2) is 7.70. The molecule has 1 aliphatic rings. The van der Waals surface area contributed by atoms with Crippen molar-refractivity contribution in [1.82, 2.24) is 20.4 Å². The lowest BCUT2D eigenvalue weighted by molar-refractivity contribution is 0.00309. The zero-order valence-corrected chi connectivity index (χ0v) is 14.6. The first-order valence-corrected chi connectivity index (χ1v) is 8.86. The summed E-state index contributed by atoms with van der Waals surface area (Å²) in [5, 5.41) is 20.1. The van der Waals surface area contributed by atoms with Gasteiger partial charge in [0, 0.05) is 30.9 Å². The molecule has 1 aromatic carbocycles. The second-order valence-electron chi connectivity index (χ2n) is 7.07. The predicted octanol–water partition coefficient (Wildman–Crippen LogP) is 2.61. The quantitative estimate of drug-likeness (QED) is 0.781. The molecule has 0 bridgehead atoms. The Morgan fingerprint density at radius 1 is 1.32 bits per heavy atom. The fourth-order valence-electron chi connectivity index (χ4n) is 3.30. The highest BCUT2D eigenvalue weighted by Gasteiger charge is 2.35. The van der Waals surface area contributed by atoms with Gasteiger partial charge in [0.2, 0.25) is 0 Å². The molecule has 2 aromatic rings. The molecule has 0 spiro atoms. The van der Waals surface area contributed by atoms with E-state index in [-0.39, 0.29) is 17.6 Å². The molecule has 1 aromatic heterocycles. The minimum Gasteiger partial charge on any atom is -0.392 e. The Morgan fingerprint density at radius 3 is 2.80 bits per heavy atom. The van der Waals surface area contributed by atoms with Crippen molar-refractivity contribution in [2.24, 2.45) is 5.41 Å². The van der Waals surface area contributed by atoms with Crippen molar-refractivity contribution in [3.63, 3.8) is 0 Å². The zero-order chi connectivity index (χ0) is 17.7. The molecule has 2 unspecified atom stereocenters. The SMILES string of the molecule is CC1(CNC(=O)NCc2ccc(-n3cccn3)cc2)CCCCC1O. The second-order valence-corrected chi connectivity index (χ2v) is 7.07. The molecule has 25 heavy (non-hydrogen) atoms. The highest BCUT2D eigenvalue weighted by atomic mass is 16.3. The van der Waals surface area contributed by atoms with Gasteiger partial charge in [-0.05, 0) is 36.6 Å². The van der Waals surface area contributed by atoms with Crippen LogP contribution in [0.3, 0.4) is 0 Å². The van der Waals surface area contributed by atoms with Crippen LogP contribution in [0.25, 0.3) is 5.69 Å². The van der Waals surface area contributed by atoms with E-state index in [1.54, 1.807) is 10.9 Å². The number of aliphatic hydroxyl groups excluding tert-OH is 1. The minimum absolute atomic E-state index is 0.199. The number of hydrogen-bond acceptors (Lipinski definition) is 3. The predicted molar refractivity (Wildman–Crippen MR) is 96.4 cm³/mol. The van der Waals surface area contributed by atoms with Crippen molar-refractivity contribution in [3.8, 4) is 5.69 Å². The number of urea groups is 1. The van der Waals surface area contributed by atoms with Crippen molar-refractivity contribution in [1.29, 1.82) is 0 Å². The summed E-state index contributed by atoms with van der Waals surface area (Å²) in [4.78, 5) is 12.0. The summed E-state index contributed by atoms with van der Waals surface area (Å²) in [6, 6.07) is 9.58. The molecule has 2 amide bonds. The van der Waals surface area contributed by atoms with Gasteiger partial charge in [0.05, 0.1) is 11.8 Å². The monoisotopic (exact) mass is 342 g/mol. The van der Waals surface area contributed by atoms with Crippen molar-refractivity contribution in [2.75, 3.05) is 6.54 Å². The lowest BCUT2D eigenvalue weighted by Crippen LogP contribution is -2.47.